The molecule has 2 aliphatic heterocycles. The van der Waals surface area contributed by atoms with Crippen LogP contribution in [0.15, 0.2) is 28.7 Å². The third kappa shape index (κ3) is 4.16. The Morgan fingerprint density at radius 2 is 1.74 bits per heavy atom. The van der Waals surface area contributed by atoms with Gasteiger partial charge in [0.25, 0.3) is 5.89 Å². The summed E-state index contributed by atoms with van der Waals surface area (Å²) in [6.07, 6.45) is -0.799. The first-order valence-electron chi connectivity index (χ1n) is 9.21. The largest absolute Gasteiger partial charge is 0.402 e. The molecule has 1 aromatic carbocycles. The van der Waals surface area contributed by atoms with Crippen molar-refractivity contribution in [3.05, 3.63) is 35.2 Å². The second-order valence-corrected chi connectivity index (χ2v) is 7.38. The van der Waals surface area contributed by atoms with E-state index in [1.54, 1.807) is 0 Å². The van der Waals surface area contributed by atoms with E-state index < -0.39 is 12.3 Å². The predicted molar refractivity (Wildman–Crippen MR) is 99.7 cm³/mol. The molecule has 0 atom stereocenters. The van der Waals surface area contributed by atoms with Crippen molar-refractivity contribution in [2.75, 3.05) is 49.1 Å². The summed E-state index contributed by atoms with van der Waals surface area (Å²) in [5.41, 5.74) is 1.17. The fraction of sp³-hybridized carbons (Fsp3) is 0.556. The lowest BCUT2D eigenvalue weighted by Crippen LogP contribution is -2.53. The van der Waals surface area contributed by atoms with Gasteiger partial charge in [0.2, 0.25) is 0 Å². The first kappa shape index (κ1) is 18.4. The van der Waals surface area contributed by atoms with Gasteiger partial charge in [-0.25, -0.2) is 0 Å². The number of rotatable bonds is 4. The first-order valence-corrected chi connectivity index (χ1v) is 9.59. The SMILES string of the molecule is FC(F)c1nnc(N2CCC(N3CCN(c4cccc(Cl)c4)CC3)CC2)o1. The number of nitrogens with zero attached hydrogens (tertiary/aromatic N) is 5. The van der Waals surface area contributed by atoms with Crippen LogP contribution in [-0.2, 0) is 0 Å². The average molecular weight is 398 g/mol. The summed E-state index contributed by atoms with van der Waals surface area (Å²) in [5, 5.41) is 7.92. The minimum atomic E-state index is -2.72. The van der Waals surface area contributed by atoms with Crippen molar-refractivity contribution in [2.24, 2.45) is 0 Å². The van der Waals surface area contributed by atoms with Crippen LogP contribution in [0.2, 0.25) is 5.02 Å². The van der Waals surface area contributed by atoms with Crippen LogP contribution in [0.1, 0.15) is 25.2 Å². The summed E-state index contributed by atoms with van der Waals surface area (Å²) in [6, 6.07) is 8.68. The number of alkyl halides is 2. The van der Waals surface area contributed by atoms with E-state index in [0.29, 0.717) is 6.04 Å². The van der Waals surface area contributed by atoms with Gasteiger partial charge in [-0.2, -0.15) is 8.78 Å². The topological polar surface area (TPSA) is 48.6 Å². The third-order valence-electron chi connectivity index (χ3n) is 5.36. The lowest BCUT2D eigenvalue weighted by atomic mass is 10.0. The highest BCUT2D eigenvalue weighted by Gasteiger charge is 2.29. The molecule has 6 nitrogen and oxygen atoms in total. The second-order valence-electron chi connectivity index (χ2n) is 6.94. The molecule has 0 unspecified atom stereocenters. The molecule has 0 aliphatic carbocycles. The average Bonchev–Trinajstić information content (AvgIpc) is 3.19. The molecular formula is C18H22ClF2N5O. The van der Waals surface area contributed by atoms with Crippen LogP contribution in [0.5, 0.6) is 0 Å². The van der Waals surface area contributed by atoms with Gasteiger partial charge in [0, 0.05) is 56.0 Å². The van der Waals surface area contributed by atoms with Crippen LogP contribution in [0.3, 0.4) is 0 Å². The van der Waals surface area contributed by atoms with Gasteiger partial charge < -0.3 is 14.2 Å². The van der Waals surface area contributed by atoms with Crippen molar-refractivity contribution >= 4 is 23.3 Å². The molecule has 2 aliphatic rings. The number of hydrogen-bond acceptors (Lipinski definition) is 6. The summed E-state index contributed by atoms with van der Waals surface area (Å²) in [5.74, 6) is -0.607. The van der Waals surface area contributed by atoms with Crippen molar-refractivity contribution in [3.63, 3.8) is 0 Å². The lowest BCUT2D eigenvalue weighted by Gasteiger charge is -2.43. The van der Waals surface area contributed by atoms with E-state index in [9.17, 15) is 8.78 Å². The molecule has 9 heteroatoms. The van der Waals surface area contributed by atoms with Gasteiger partial charge in [0.1, 0.15) is 0 Å². The predicted octanol–water partition coefficient (Wildman–Crippen LogP) is 3.45. The molecule has 0 radical (unpaired) electrons. The van der Waals surface area contributed by atoms with Gasteiger partial charge in [0.15, 0.2) is 0 Å². The Bertz CT molecular complexity index is 758. The molecule has 1 aromatic heterocycles. The van der Waals surface area contributed by atoms with Gasteiger partial charge in [-0.15, -0.1) is 5.10 Å². The van der Waals surface area contributed by atoms with Crippen LogP contribution < -0.4 is 9.80 Å². The van der Waals surface area contributed by atoms with Crippen molar-refractivity contribution in [2.45, 2.75) is 25.3 Å². The molecule has 146 valence electrons. The Balaban J connectivity index is 1.28. The molecule has 0 N–H and O–H groups in total. The van der Waals surface area contributed by atoms with Crippen molar-refractivity contribution in [1.29, 1.82) is 0 Å². The Kier molecular flexibility index (Phi) is 5.45. The standard InChI is InChI=1S/C18H22ClF2N5O/c19-13-2-1-3-15(12-13)25-10-8-24(9-11-25)14-4-6-26(7-5-14)18-23-22-17(27-18)16(20)21/h1-3,12,14,16H,4-11H2. The monoisotopic (exact) mass is 397 g/mol. The Morgan fingerprint density at radius 3 is 2.37 bits per heavy atom. The molecule has 27 heavy (non-hydrogen) atoms. The van der Waals surface area contributed by atoms with Crippen molar-refractivity contribution < 1.29 is 13.2 Å². The highest BCUT2D eigenvalue weighted by molar-refractivity contribution is 6.30. The van der Waals surface area contributed by atoms with Crippen LogP contribution in [0, 0.1) is 0 Å². The number of piperazine rings is 1. The summed E-state index contributed by atoms with van der Waals surface area (Å²) >= 11 is 6.10. The number of piperidine rings is 1. The highest BCUT2D eigenvalue weighted by Crippen LogP contribution is 2.26. The van der Waals surface area contributed by atoms with E-state index in [1.807, 2.05) is 23.1 Å². The van der Waals surface area contributed by atoms with E-state index in [1.165, 1.54) is 5.69 Å². The molecule has 0 bridgehead atoms. The zero-order valence-corrected chi connectivity index (χ0v) is 15.7. The maximum Gasteiger partial charge on any atom is 0.318 e. The minimum absolute atomic E-state index is 0.203. The van der Waals surface area contributed by atoms with Crippen LogP contribution in [0.25, 0.3) is 0 Å². The number of anilines is 2. The summed E-state index contributed by atoms with van der Waals surface area (Å²) in [4.78, 5) is 6.79. The molecule has 0 saturated carbocycles. The molecule has 0 spiro atoms. The molecule has 3 heterocycles. The quantitative estimate of drug-likeness (QED) is 0.787. The van der Waals surface area contributed by atoms with Gasteiger partial charge in [-0.1, -0.05) is 22.8 Å². The van der Waals surface area contributed by atoms with Crippen molar-refractivity contribution in [3.8, 4) is 0 Å². The highest BCUT2D eigenvalue weighted by atomic mass is 35.5. The third-order valence-corrected chi connectivity index (χ3v) is 5.59. The van der Waals surface area contributed by atoms with E-state index in [-0.39, 0.29) is 6.01 Å². The van der Waals surface area contributed by atoms with Crippen molar-refractivity contribution in [1.82, 2.24) is 15.1 Å². The minimum Gasteiger partial charge on any atom is -0.402 e. The molecule has 0 amide bonds. The zero-order valence-electron chi connectivity index (χ0n) is 14.9. The fourth-order valence-corrected chi connectivity index (χ4v) is 4.07. The number of aromatic nitrogens is 2. The molecular weight excluding hydrogens is 376 g/mol. The summed E-state index contributed by atoms with van der Waals surface area (Å²) < 4.78 is 30.3. The zero-order chi connectivity index (χ0) is 18.8. The Hall–Kier alpha value is -1.93. The van der Waals surface area contributed by atoms with Gasteiger partial charge in [-0.05, 0) is 31.0 Å². The smallest absolute Gasteiger partial charge is 0.318 e. The number of halogens is 3. The van der Waals surface area contributed by atoms with E-state index in [2.05, 4.69) is 26.1 Å². The first-order chi connectivity index (χ1) is 13.1. The van der Waals surface area contributed by atoms with Crippen LogP contribution in [0.4, 0.5) is 20.5 Å². The van der Waals surface area contributed by atoms with Crippen LogP contribution in [-0.4, -0.2) is 60.4 Å². The number of benzene rings is 1. The summed E-state index contributed by atoms with van der Waals surface area (Å²) in [6.45, 7) is 5.44. The Morgan fingerprint density at radius 1 is 1.00 bits per heavy atom. The Labute approximate surface area is 161 Å². The second kappa shape index (κ2) is 7.98. The fourth-order valence-electron chi connectivity index (χ4n) is 3.88. The molecule has 2 saturated heterocycles. The van der Waals surface area contributed by atoms with E-state index in [4.69, 9.17) is 16.0 Å². The van der Waals surface area contributed by atoms with Gasteiger partial charge in [-0.3, -0.25) is 4.90 Å². The molecule has 2 fully saturated rings. The van der Waals surface area contributed by atoms with Gasteiger partial charge in [0.05, 0.1) is 0 Å². The van der Waals surface area contributed by atoms with E-state index in [0.717, 1.165) is 57.1 Å². The van der Waals surface area contributed by atoms with Gasteiger partial charge >= 0.3 is 12.4 Å². The van der Waals surface area contributed by atoms with E-state index >= 15 is 0 Å². The maximum atomic E-state index is 12.6. The lowest BCUT2D eigenvalue weighted by molar-refractivity contribution is 0.115. The summed E-state index contributed by atoms with van der Waals surface area (Å²) in [7, 11) is 0. The maximum absolute atomic E-state index is 12.6. The molecule has 4 rings (SSSR count). The van der Waals surface area contributed by atoms with Crippen LogP contribution >= 0.6 is 11.6 Å². The molecule has 2 aromatic rings. The normalized spacial score (nSPS) is 19.9. The number of hydrogen-bond donors (Lipinski definition) is 0.